The fourth-order valence-electron chi connectivity index (χ4n) is 2.53. The molecule has 0 saturated carbocycles. The predicted molar refractivity (Wildman–Crippen MR) is 75.2 cm³/mol. The summed E-state index contributed by atoms with van der Waals surface area (Å²) in [6, 6.07) is 3.10. The first-order valence-electron chi connectivity index (χ1n) is 6.22. The molecule has 1 unspecified atom stereocenters. The molecule has 2 rings (SSSR count). The highest BCUT2D eigenvalue weighted by atomic mass is 79.9. The van der Waals surface area contributed by atoms with Crippen LogP contribution >= 0.6 is 15.9 Å². The van der Waals surface area contributed by atoms with Crippen LogP contribution in [0.2, 0.25) is 0 Å². The molecule has 0 radical (unpaired) electrons. The molecule has 1 aromatic rings. The van der Waals surface area contributed by atoms with Crippen LogP contribution in [0.15, 0.2) is 16.6 Å². The van der Waals surface area contributed by atoms with E-state index in [1.54, 1.807) is 6.07 Å². The number of aliphatic hydroxyl groups is 1. The second-order valence-electron chi connectivity index (χ2n) is 4.79. The maximum absolute atomic E-state index is 13.3. The van der Waals surface area contributed by atoms with Gasteiger partial charge < -0.3 is 15.7 Å². The molecule has 1 aromatic carbocycles. The van der Waals surface area contributed by atoms with Crippen LogP contribution in [0.5, 0.6) is 0 Å². The number of rotatable bonds is 3. The third-order valence-corrected chi connectivity index (χ3v) is 4.07. The van der Waals surface area contributed by atoms with Gasteiger partial charge in [-0.3, -0.25) is 0 Å². The van der Waals surface area contributed by atoms with Gasteiger partial charge in [0.1, 0.15) is 5.82 Å². The zero-order valence-corrected chi connectivity index (χ0v) is 11.8. The summed E-state index contributed by atoms with van der Waals surface area (Å²) in [4.78, 5) is 2.18. The molecule has 1 aliphatic rings. The normalized spacial score (nSPS) is 20.2. The van der Waals surface area contributed by atoms with Gasteiger partial charge in [0, 0.05) is 25.8 Å². The summed E-state index contributed by atoms with van der Waals surface area (Å²) in [7, 11) is 0. The molecule has 1 atom stereocenters. The Kier molecular flexibility index (Phi) is 4.45. The SMILES string of the molecule is Nc1cc(F)c(Br)cc1N1CCCC(CCO)C1. The highest BCUT2D eigenvalue weighted by molar-refractivity contribution is 9.10. The van der Waals surface area contributed by atoms with Gasteiger partial charge in [0.25, 0.3) is 0 Å². The van der Waals surface area contributed by atoms with Gasteiger partial charge >= 0.3 is 0 Å². The number of halogens is 2. The maximum atomic E-state index is 13.3. The largest absolute Gasteiger partial charge is 0.397 e. The predicted octanol–water partition coefficient (Wildman–Crippen LogP) is 2.77. The summed E-state index contributed by atoms with van der Waals surface area (Å²) in [6.07, 6.45) is 3.04. The van der Waals surface area contributed by atoms with Gasteiger partial charge in [-0.25, -0.2) is 4.39 Å². The van der Waals surface area contributed by atoms with Gasteiger partial charge in [-0.15, -0.1) is 0 Å². The van der Waals surface area contributed by atoms with E-state index in [4.69, 9.17) is 10.8 Å². The van der Waals surface area contributed by atoms with Crippen LogP contribution in [-0.4, -0.2) is 24.8 Å². The fourth-order valence-corrected chi connectivity index (χ4v) is 2.86. The van der Waals surface area contributed by atoms with Crippen molar-refractivity contribution in [3.05, 3.63) is 22.4 Å². The molecule has 3 nitrogen and oxygen atoms in total. The van der Waals surface area contributed by atoms with Crippen molar-refractivity contribution in [2.75, 3.05) is 30.3 Å². The molecule has 1 fully saturated rings. The second kappa shape index (κ2) is 5.89. The molecule has 18 heavy (non-hydrogen) atoms. The molecule has 0 amide bonds. The Labute approximate surface area is 115 Å². The monoisotopic (exact) mass is 316 g/mol. The molecule has 1 aliphatic heterocycles. The van der Waals surface area contributed by atoms with Gasteiger partial charge in [-0.1, -0.05) is 0 Å². The molecule has 3 N–H and O–H groups in total. The van der Waals surface area contributed by atoms with Crippen molar-refractivity contribution in [3.63, 3.8) is 0 Å². The summed E-state index contributed by atoms with van der Waals surface area (Å²) >= 11 is 3.20. The third kappa shape index (κ3) is 2.95. The van der Waals surface area contributed by atoms with Gasteiger partial charge in [-0.2, -0.15) is 0 Å². The fraction of sp³-hybridized carbons (Fsp3) is 0.538. The first-order chi connectivity index (χ1) is 8.61. The Balaban J connectivity index is 2.18. The lowest BCUT2D eigenvalue weighted by Crippen LogP contribution is -2.36. The second-order valence-corrected chi connectivity index (χ2v) is 5.65. The Morgan fingerprint density at radius 2 is 2.28 bits per heavy atom. The van der Waals surface area contributed by atoms with Crippen molar-refractivity contribution in [2.45, 2.75) is 19.3 Å². The average molecular weight is 317 g/mol. The average Bonchev–Trinajstić information content (AvgIpc) is 2.34. The zero-order valence-electron chi connectivity index (χ0n) is 10.2. The van der Waals surface area contributed by atoms with E-state index in [-0.39, 0.29) is 12.4 Å². The zero-order chi connectivity index (χ0) is 13.1. The number of piperidine rings is 1. The molecular formula is C13H18BrFN2O. The Bertz CT molecular complexity index is 426. The minimum absolute atomic E-state index is 0.223. The number of anilines is 2. The van der Waals surface area contributed by atoms with Crippen molar-refractivity contribution >= 4 is 27.3 Å². The van der Waals surface area contributed by atoms with Crippen LogP contribution in [0, 0.1) is 11.7 Å². The number of hydrogen-bond acceptors (Lipinski definition) is 3. The molecular weight excluding hydrogens is 299 g/mol. The van der Waals surface area contributed by atoms with Crippen LogP contribution in [0.25, 0.3) is 0 Å². The number of nitrogens with zero attached hydrogens (tertiary/aromatic N) is 1. The van der Waals surface area contributed by atoms with Gasteiger partial charge in [0.2, 0.25) is 0 Å². The van der Waals surface area contributed by atoms with Crippen LogP contribution in [-0.2, 0) is 0 Å². The van der Waals surface area contributed by atoms with Crippen molar-refractivity contribution in [1.82, 2.24) is 0 Å². The van der Waals surface area contributed by atoms with E-state index in [9.17, 15) is 4.39 Å². The molecule has 0 aliphatic carbocycles. The minimum Gasteiger partial charge on any atom is -0.397 e. The van der Waals surface area contributed by atoms with Crippen molar-refractivity contribution in [3.8, 4) is 0 Å². The smallest absolute Gasteiger partial charge is 0.139 e. The number of nitrogen functional groups attached to an aromatic ring is 1. The molecule has 0 bridgehead atoms. The van der Waals surface area contributed by atoms with Gasteiger partial charge in [-0.05, 0) is 47.2 Å². The quantitative estimate of drug-likeness (QED) is 0.843. The molecule has 0 spiro atoms. The first kappa shape index (κ1) is 13.6. The molecule has 0 aromatic heterocycles. The standard InChI is InChI=1S/C13H18BrFN2O/c14-10-6-13(12(16)7-11(10)15)17-4-1-2-9(8-17)3-5-18/h6-7,9,18H,1-5,8,16H2. The van der Waals surface area contributed by atoms with E-state index < -0.39 is 0 Å². The summed E-state index contributed by atoms with van der Waals surface area (Å²) in [5.74, 6) is 0.159. The number of nitrogens with two attached hydrogens (primary N) is 1. The molecule has 1 saturated heterocycles. The Morgan fingerprint density at radius 3 is 3.00 bits per heavy atom. The summed E-state index contributed by atoms with van der Waals surface area (Å²) in [5.41, 5.74) is 7.24. The number of hydrogen-bond donors (Lipinski definition) is 2. The lowest BCUT2D eigenvalue weighted by atomic mass is 9.94. The van der Waals surface area contributed by atoms with Crippen molar-refractivity contribution in [1.29, 1.82) is 0 Å². The van der Waals surface area contributed by atoms with Crippen LogP contribution in [0.3, 0.4) is 0 Å². The summed E-state index contributed by atoms with van der Waals surface area (Å²) in [5, 5.41) is 9.01. The Morgan fingerprint density at radius 1 is 1.50 bits per heavy atom. The van der Waals surface area contributed by atoms with Crippen molar-refractivity contribution in [2.24, 2.45) is 5.92 Å². The summed E-state index contributed by atoms with van der Waals surface area (Å²) in [6.45, 7) is 2.04. The molecule has 100 valence electrons. The minimum atomic E-state index is -0.333. The van der Waals surface area contributed by atoms with E-state index in [1.165, 1.54) is 6.07 Å². The van der Waals surface area contributed by atoms with E-state index in [0.29, 0.717) is 16.1 Å². The van der Waals surface area contributed by atoms with E-state index >= 15 is 0 Å². The van der Waals surface area contributed by atoms with Gasteiger partial charge in [0.15, 0.2) is 0 Å². The van der Waals surface area contributed by atoms with Crippen LogP contribution in [0.1, 0.15) is 19.3 Å². The highest BCUT2D eigenvalue weighted by Gasteiger charge is 2.21. The molecule has 5 heteroatoms. The van der Waals surface area contributed by atoms with E-state index in [0.717, 1.165) is 38.0 Å². The maximum Gasteiger partial charge on any atom is 0.139 e. The number of benzene rings is 1. The third-order valence-electron chi connectivity index (χ3n) is 3.47. The lowest BCUT2D eigenvalue weighted by Gasteiger charge is -2.35. The van der Waals surface area contributed by atoms with E-state index in [1.807, 2.05) is 0 Å². The first-order valence-corrected chi connectivity index (χ1v) is 7.01. The lowest BCUT2D eigenvalue weighted by molar-refractivity contribution is 0.244. The molecule has 1 heterocycles. The Hall–Kier alpha value is -0.810. The highest BCUT2D eigenvalue weighted by Crippen LogP contribution is 2.33. The van der Waals surface area contributed by atoms with Crippen LogP contribution in [0.4, 0.5) is 15.8 Å². The van der Waals surface area contributed by atoms with Crippen LogP contribution < -0.4 is 10.6 Å². The van der Waals surface area contributed by atoms with Gasteiger partial charge in [0.05, 0.1) is 15.8 Å². The summed E-state index contributed by atoms with van der Waals surface area (Å²) < 4.78 is 13.8. The topological polar surface area (TPSA) is 49.5 Å². The number of aliphatic hydroxyl groups excluding tert-OH is 1. The van der Waals surface area contributed by atoms with Crippen molar-refractivity contribution < 1.29 is 9.50 Å². The van der Waals surface area contributed by atoms with E-state index in [2.05, 4.69) is 20.8 Å².